The Bertz CT molecular complexity index is 534. The Kier molecular flexibility index (Phi) is 4.63. The Hall–Kier alpha value is -1.74. The largest absolute Gasteiger partial charge is 0.322 e. The molecule has 0 aliphatic heterocycles. The van der Waals surface area contributed by atoms with Crippen molar-refractivity contribution >= 4 is 23.4 Å². The molecule has 0 aromatic heterocycles. The molecule has 2 nitrogen and oxygen atoms in total. The van der Waals surface area contributed by atoms with Crippen molar-refractivity contribution in [3.63, 3.8) is 0 Å². The molecule has 98 valence electrons. The van der Waals surface area contributed by atoms with Gasteiger partial charge in [0, 0.05) is 21.4 Å². The van der Waals surface area contributed by atoms with Gasteiger partial charge in [0.2, 0.25) is 0 Å². The number of amides is 1. The van der Waals surface area contributed by atoms with Crippen LogP contribution in [0.5, 0.6) is 0 Å². The third-order valence-corrected chi connectivity index (χ3v) is 3.54. The van der Waals surface area contributed by atoms with Gasteiger partial charge in [0.1, 0.15) is 0 Å². The van der Waals surface area contributed by atoms with Crippen LogP contribution in [-0.4, -0.2) is 11.2 Å². The molecule has 2 aromatic rings. The van der Waals surface area contributed by atoms with Crippen LogP contribution in [0, 0.1) is 0 Å². The first-order valence-electron chi connectivity index (χ1n) is 6.28. The SMILES string of the molecule is CC(C)Sc1ccc(C(=O)Nc2ccccc2)cc1. The Morgan fingerprint density at radius 2 is 1.63 bits per heavy atom. The number of para-hydroxylation sites is 1. The van der Waals surface area contributed by atoms with E-state index >= 15 is 0 Å². The van der Waals surface area contributed by atoms with Gasteiger partial charge in [0.25, 0.3) is 5.91 Å². The number of benzene rings is 2. The van der Waals surface area contributed by atoms with Crippen molar-refractivity contribution in [3.05, 3.63) is 60.2 Å². The lowest BCUT2D eigenvalue weighted by Gasteiger charge is -2.07. The Balaban J connectivity index is 2.04. The minimum absolute atomic E-state index is 0.0766. The fourth-order valence-corrected chi connectivity index (χ4v) is 2.52. The number of carbonyl (C=O) groups is 1. The van der Waals surface area contributed by atoms with Crippen LogP contribution >= 0.6 is 11.8 Å². The van der Waals surface area contributed by atoms with Gasteiger partial charge in [-0.05, 0) is 36.4 Å². The van der Waals surface area contributed by atoms with Crippen molar-refractivity contribution in [1.29, 1.82) is 0 Å². The standard InChI is InChI=1S/C16H17NOS/c1-12(2)19-15-10-8-13(9-11-15)16(18)17-14-6-4-3-5-7-14/h3-12H,1-2H3,(H,17,18). The van der Waals surface area contributed by atoms with Gasteiger partial charge in [-0.25, -0.2) is 0 Å². The molecule has 0 aliphatic rings. The van der Waals surface area contributed by atoms with Gasteiger partial charge in [0.05, 0.1) is 0 Å². The summed E-state index contributed by atoms with van der Waals surface area (Å²) in [7, 11) is 0. The van der Waals surface area contributed by atoms with E-state index in [1.807, 2.05) is 54.6 Å². The van der Waals surface area contributed by atoms with Crippen LogP contribution < -0.4 is 5.32 Å². The van der Waals surface area contributed by atoms with Gasteiger partial charge in [-0.3, -0.25) is 4.79 Å². The summed E-state index contributed by atoms with van der Waals surface area (Å²) in [6.45, 7) is 4.31. The molecule has 0 heterocycles. The first-order valence-corrected chi connectivity index (χ1v) is 7.16. The third kappa shape index (κ3) is 4.14. The molecule has 19 heavy (non-hydrogen) atoms. The van der Waals surface area contributed by atoms with Crippen molar-refractivity contribution < 1.29 is 4.79 Å². The van der Waals surface area contributed by atoms with Gasteiger partial charge in [-0.15, -0.1) is 11.8 Å². The van der Waals surface area contributed by atoms with E-state index < -0.39 is 0 Å². The van der Waals surface area contributed by atoms with E-state index in [0.29, 0.717) is 10.8 Å². The van der Waals surface area contributed by atoms with Crippen LogP contribution in [0.1, 0.15) is 24.2 Å². The number of hydrogen-bond donors (Lipinski definition) is 1. The minimum atomic E-state index is -0.0766. The molecule has 1 amide bonds. The highest BCUT2D eigenvalue weighted by atomic mass is 32.2. The van der Waals surface area contributed by atoms with E-state index in [1.165, 1.54) is 4.90 Å². The molecule has 2 aromatic carbocycles. The summed E-state index contributed by atoms with van der Waals surface area (Å²) in [4.78, 5) is 13.2. The summed E-state index contributed by atoms with van der Waals surface area (Å²) in [5, 5.41) is 3.42. The van der Waals surface area contributed by atoms with E-state index in [2.05, 4.69) is 19.2 Å². The van der Waals surface area contributed by atoms with Crippen molar-refractivity contribution in [1.82, 2.24) is 0 Å². The predicted molar refractivity (Wildman–Crippen MR) is 81.8 cm³/mol. The van der Waals surface area contributed by atoms with Gasteiger partial charge in [-0.2, -0.15) is 0 Å². The second-order valence-corrected chi connectivity index (χ2v) is 6.16. The van der Waals surface area contributed by atoms with Crippen LogP contribution in [0.3, 0.4) is 0 Å². The number of hydrogen-bond acceptors (Lipinski definition) is 2. The zero-order valence-corrected chi connectivity index (χ0v) is 11.9. The molecule has 2 rings (SSSR count). The summed E-state index contributed by atoms with van der Waals surface area (Å²) in [5.74, 6) is -0.0766. The fourth-order valence-electron chi connectivity index (χ4n) is 1.68. The molecule has 0 atom stereocenters. The first kappa shape index (κ1) is 13.7. The van der Waals surface area contributed by atoms with E-state index in [1.54, 1.807) is 11.8 Å². The highest BCUT2D eigenvalue weighted by Gasteiger charge is 2.06. The first-order chi connectivity index (χ1) is 9.15. The van der Waals surface area contributed by atoms with Gasteiger partial charge in [0.15, 0.2) is 0 Å². The monoisotopic (exact) mass is 271 g/mol. The normalized spacial score (nSPS) is 10.5. The van der Waals surface area contributed by atoms with Gasteiger partial charge in [-0.1, -0.05) is 32.0 Å². The third-order valence-electron chi connectivity index (χ3n) is 2.52. The van der Waals surface area contributed by atoms with Gasteiger partial charge < -0.3 is 5.32 Å². The molecular weight excluding hydrogens is 254 g/mol. The van der Waals surface area contributed by atoms with Crippen LogP contribution in [0.4, 0.5) is 5.69 Å². The summed E-state index contributed by atoms with van der Waals surface area (Å²) in [6, 6.07) is 17.2. The van der Waals surface area contributed by atoms with Crippen LogP contribution in [0.25, 0.3) is 0 Å². The molecule has 0 saturated carbocycles. The molecule has 3 heteroatoms. The zero-order valence-electron chi connectivity index (χ0n) is 11.1. The van der Waals surface area contributed by atoms with Crippen LogP contribution in [0.2, 0.25) is 0 Å². The predicted octanol–water partition coefficient (Wildman–Crippen LogP) is 4.44. The Morgan fingerprint density at radius 1 is 1.00 bits per heavy atom. The molecule has 0 bridgehead atoms. The second-order valence-electron chi connectivity index (χ2n) is 4.51. The maximum absolute atomic E-state index is 12.0. The van der Waals surface area contributed by atoms with Crippen molar-refractivity contribution in [2.24, 2.45) is 0 Å². The minimum Gasteiger partial charge on any atom is -0.322 e. The number of rotatable bonds is 4. The Labute approximate surface area is 118 Å². The van der Waals surface area contributed by atoms with Crippen LogP contribution in [-0.2, 0) is 0 Å². The molecule has 0 spiro atoms. The van der Waals surface area contributed by atoms with E-state index in [-0.39, 0.29) is 5.91 Å². The van der Waals surface area contributed by atoms with Crippen molar-refractivity contribution in [3.8, 4) is 0 Å². The smallest absolute Gasteiger partial charge is 0.255 e. The molecule has 1 N–H and O–H groups in total. The van der Waals surface area contributed by atoms with E-state index in [4.69, 9.17) is 0 Å². The molecule has 0 aliphatic carbocycles. The number of anilines is 1. The van der Waals surface area contributed by atoms with Crippen molar-refractivity contribution in [2.45, 2.75) is 24.0 Å². The fraction of sp³-hybridized carbons (Fsp3) is 0.188. The zero-order chi connectivity index (χ0) is 13.7. The molecule has 0 radical (unpaired) electrons. The molecule has 0 fully saturated rings. The Morgan fingerprint density at radius 3 is 2.21 bits per heavy atom. The topological polar surface area (TPSA) is 29.1 Å². The number of nitrogens with one attached hydrogen (secondary N) is 1. The quantitative estimate of drug-likeness (QED) is 0.833. The average molecular weight is 271 g/mol. The number of thioether (sulfide) groups is 1. The lowest BCUT2D eigenvalue weighted by molar-refractivity contribution is 0.102. The summed E-state index contributed by atoms with van der Waals surface area (Å²) in [6.07, 6.45) is 0. The van der Waals surface area contributed by atoms with E-state index in [9.17, 15) is 4.79 Å². The maximum Gasteiger partial charge on any atom is 0.255 e. The lowest BCUT2D eigenvalue weighted by atomic mass is 10.2. The lowest BCUT2D eigenvalue weighted by Crippen LogP contribution is -2.11. The van der Waals surface area contributed by atoms with Crippen LogP contribution in [0.15, 0.2) is 59.5 Å². The molecular formula is C16H17NOS. The average Bonchev–Trinajstić information content (AvgIpc) is 2.40. The van der Waals surface area contributed by atoms with Gasteiger partial charge >= 0.3 is 0 Å². The van der Waals surface area contributed by atoms with Crippen molar-refractivity contribution in [2.75, 3.05) is 5.32 Å². The summed E-state index contributed by atoms with van der Waals surface area (Å²) in [5.41, 5.74) is 1.49. The second kappa shape index (κ2) is 6.43. The highest BCUT2D eigenvalue weighted by Crippen LogP contribution is 2.23. The molecule has 0 unspecified atom stereocenters. The summed E-state index contributed by atoms with van der Waals surface area (Å²) >= 11 is 1.79. The van der Waals surface area contributed by atoms with E-state index in [0.717, 1.165) is 5.69 Å². The molecule has 0 saturated heterocycles. The highest BCUT2D eigenvalue weighted by molar-refractivity contribution is 7.99. The number of carbonyl (C=O) groups excluding carboxylic acids is 1. The summed E-state index contributed by atoms with van der Waals surface area (Å²) < 4.78 is 0. The maximum atomic E-state index is 12.0.